The standard InChI is InChI=1S/C23H31N7O/c1-15-12-30(13-16(2)28-15)20-5-3-4-18(29-20)10-24-22-21-19(17-6-8-31-9-7-17)11-25-23(21)27-14-26-22/h3-5,11,14-17,28H,6-10,12-13H2,1-2H3,(H2,24,25,26,27)/t15-,16-/m0/s1. The lowest BCUT2D eigenvalue weighted by Crippen LogP contribution is -2.54. The van der Waals surface area contributed by atoms with E-state index >= 15 is 0 Å². The Balaban J connectivity index is 1.35. The van der Waals surface area contributed by atoms with E-state index < -0.39 is 0 Å². The second-order valence-corrected chi connectivity index (χ2v) is 8.79. The van der Waals surface area contributed by atoms with E-state index in [0.29, 0.717) is 24.5 Å². The van der Waals surface area contributed by atoms with Crippen molar-refractivity contribution in [1.82, 2.24) is 25.3 Å². The van der Waals surface area contributed by atoms with Gasteiger partial charge in [0.2, 0.25) is 0 Å². The zero-order chi connectivity index (χ0) is 21.2. The highest BCUT2D eigenvalue weighted by Gasteiger charge is 2.23. The number of ether oxygens (including phenoxy) is 1. The molecule has 5 heterocycles. The summed E-state index contributed by atoms with van der Waals surface area (Å²) in [6.07, 6.45) is 5.77. The summed E-state index contributed by atoms with van der Waals surface area (Å²) in [7, 11) is 0. The molecule has 0 spiro atoms. The second kappa shape index (κ2) is 8.80. The number of anilines is 2. The molecular weight excluding hydrogens is 390 g/mol. The van der Waals surface area contributed by atoms with Crippen LogP contribution in [0.2, 0.25) is 0 Å². The van der Waals surface area contributed by atoms with Crippen LogP contribution in [0.15, 0.2) is 30.7 Å². The van der Waals surface area contributed by atoms with Gasteiger partial charge in [0.05, 0.1) is 17.6 Å². The highest BCUT2D eigenvalue weighted by molar-refractivity contribution is 5.90. The van der Waals surface area contributed by atoms with E-state index in [2.05, 4.69) is 68.7 Å². The Labute approximate surface area is 182 Å². The van der Waals surface area contributed by atoms with E-state index in [-0.39, 0.29) is 0 Å². The van der Waals surface area contributed by atoms with Crippen molar-refractivity contribution in [3.63, 3.8) is 0 Å². The molecule has 0 unspecified atom stereocenters. The van der Waals surface area contributed by atoms with Crippen molar-refractivity contribution in [2.45, 2.75) is 51.2 Å². The van der Waals surface area contributed by atoms with Gasteiger partial charge in [-0.05, 0) is 50.3 Å². The summed E-state index contributed by atoms with van der Waals surface area (Å²) in [5.74, 6) is 2.38. The molecule has 0 aromatic carbocycles. The monoisotopic (exact) mass is 421 g/mol. The molecule has 3 N–H and O–H groups in total. The van der Waals surface area contributed by atoms with Crippen molar-refractivity contribution in [3.05, 3.63) is 42.0 Å². The number of aromatic amines is 1. The van der Waals surface area contributed by atoms with Gasteiger partial charge in [-0.25, -0.2) is 15.0 Å². The van der Waals surface area contributed by atoms with E-state index in [1.54, 1.807) is 6.33 Å². The smallest absolute Gasteiger partial charge is 0.143 e. The van der Waals surface area contributed by atoms with Crippen LogP contribution in [-0.2, 0) is 11.3 Å². The van der Waals surface area contributed by atoms with E-state index in [1.807, 2.05) is 0 Å². The van der Waals surface area contributed by atoms with Gasteiger partial charge in [-0.1, -0.05) is 6.07 Å². The van der Waals surface area contributed by atoms with Crippen LogP contribution in [-0.4, -0.2) is 58.3 Å². The summed E-state index contributed by atoms with van der Waals surface area (Å²) >= 11 is 0. The number of fused-ring (bicyclic) bond motifs is 1. The number of piperazine rings is 1. The molecule has 2 fully saturated rings. The molecule has 8 nitrogen and oxygen atoms in total. The molecule has 31 heavy (non-hydrogen) atoms. The Kier molecular flexibility index (Phi) is 5.74. The molecular formula is C23H31N7O. The fourth-order valence-corrected chi connectivity index (χ4v) is 4.88. The Morgan fingerprint density at radius 2 is 1.94 bits per heavy atom. The lowest BCUT2D eigenvalue weighted by Gasteiger charge is -2.37. The van der Waals surface area contributed by atoms with E-state index in [4.69, 9.17) is 9.72 Å². The van der Waals surface area contributed by atoms with Crippen LogP contribution in [0.25, 0.3) is 11.0 Å². The van der Waals surface area contributed by atoms with Crippen LogP contribution in [0.1, 0.15) is 43.9 Å². The predicted octanol–water partition coefficient (Wildman–Crippen LogP) is 3.05. The molecule has 5 rings (SSSR count). The third kappa shape index (κ3) is 4.36. The lowest BCUT2D eigenvalue weighted by atomic mass is 9.92. The van der Waals surface area contributed by atoms with Crippen molar-refractivity contribution in [2.24, 2.45) is 0 Å². The van der Waals surface area contributed by atoms with Crippen molar-refractivity contribution < 1.29 is 4.74 Å². The van der Waals surface area contributed by atoms with E-state index in [0.717, 1.165) is 67.5 Å². The molecule has 0 amide bonds. The molecule has 0 radical (unpaired) electrons. The first-order chi connectivity index (χ1) is 15.2. The molecule has 164 valence electrons. The quantitative estimate of drug-likeness (QED) is 0.583. The van der Waals surface area contributed by atoms with Crippen molar-refractivity contribution in [3.8, 4) is 0 Å². The Morgan fingerprint density at radius 3 is 2.74 bits per heavy atom. The number of hydrogen-bond donors (Lipinski definition) is 3. The zero-order valence-electron chi connectivity index (χ0n) is 18.3. The van der Waals surface area contributed by atoms with Gasteiger partial charge < -0.3 is 25.3 Å². The van der Waals surface area contributed by atoms with Crippen molar-refractivity contribution in [1.29, 1.82) is 0 Å². The first-order valence-corrected chi connectivity index (χ1v) is 11.3. The highest BCUT2D eigenvalue weighted by Crippen LogP contribution is 2.34. The van der Waals surface area contributed by atoms with E-state index in [9.17, 15) is 0 Å². The van der Waals surface area contributed by atoms with Crippen LogP contribution in [0.5, 0.6) is 0 Å². The molecule has 2 saturated heterocycles. The fourth-order valence-electron chi connectivity index (χ4n) is 4.88. The van der Waals surface area contributed by atoms with Gasteiger partial charge in [0.25, 0.3) is 0 Å². The fraction of sp³-hybridized carbons (Fsp3) is 0.522. The molecule has 2 aliphatic heterocycles. The molecule has 3 aromatic rings. The summed E-state index contributed by atoms with van der Waals surface area (Å²) in [6, 6.07) is 7.18. The van der Waals surface area contributed by atoms with Crippen molar-refractivity contribution in [2.75, 3.05) is 36.5 Å². The molecule has 8 heteroatoms. The molecule has 2 aliphatic rings. The SMILES string of the molecule is C[C@H]1CN(c2cccc(CNc3ncnc4[nH]cc(C5CCOCC5)c34)n2)C[C@H](C)N1. The number of hydrogen-bond acceptors (Lipinski definition) is 7. The number of aromatic nitrogens is 4. The summed E-state index contributed by atoms with van der Waals surface area (Å²) < 4.78 is 5.55. The third-order valence-corrected chi connectivity index (χ3v) is 6.27. The van der Waals surface area contributed by atoms with Crippen LogP contribution in [0, 0.1) is 0 Å². The Morgan fingerprint density at radius 1 is 1.13 bits per heavy atom. The lowest BCUT2D eigenvalue weighted by molar-refractivity contribution is 0.0856. The first kappa shape index (κ1) is 20.2. The van der Waals surface area contributed by atoms with Crippen LogP contribution in [0.3, 0.4) is 0 Å². The van der Waals surface area contributed by atoms with Crippen molar-refractivity contribution >= 4 is 22.7 Å². The summed E-state index contributed by atoms with van der Waals surface area (Å²) in [5, 5.41) is 8.19. The van der Waals surface area contributed by atoms with Gasteiger partial charge >= 0.3 is 0 Å². The van der Waals surface area contributed by atoms with Crippen LogP contribution < -0.4 is 15.5 Å². The van der Waals surface area contributed by atoms with Crippen LogP contribution >= 0.6 is 0 Å². The molecule has 0 saturated carbocycles. The number of nitrogens with zero attached hydrogens (tertiary/aromatic N) is 4. The number of rotatable bonds is 5. The maximum atomic E-state index is 5.55. The summed E-state index contributed by atoms with van der Waals surface area (Å²) in [5.41, 5.74) is 3.17. The summed E-state index contributed by atoms with van der Waals surface area (Å²) in [6.45, 7) is 8.64. The number of H-pyrrole nitrogens is 1. The van der Waals surface area contributed by atoms with Gasteiger partial charge in [-0.15, -0.1) is 0 Å². The maximum Gasteiger partial charge on any atom is 0.143 e. The zero-order valence-corrected chi connectivity index (χ0v) is 18.3. The number of nitrogens with one attached hydrogen (secondary N) is 3. The minimum absolute atomic E-state index is 0.457. The van der Waals surface area contributed by atoms with Gasteiger partial charge in [0.1, 0.15) is 23.6 Å². The Hall–Kier alpha value is -2.71. The normalized spacial score (nSPS) is 22.7. The predicted molar refractivity (Wildman–Crippen MR) is 123 cm³/mol. The van der Waals surface area contributed by atoms with E-state index in [1.165, 1.54) is 5.56 Å². The molecule has 0 aliphatic carbocycles. The second-order valence-electron chi connectivity index (χ2n) is 8.79. The van der Waals surface area contributed by atoms with Gasteiger partial charge in [-0.3, -0.25) is 0 Å². The molecule has 3 aromatic heterocycles. The minimum Gasteiger partial charge on any atom is -0.381 e. The van der Waals surface area contributed by atoms with Crippen LogP contribution in [0.4, 0.5) is 11.6 Å². The highest BCUT2D eigenvalue weighted by atomic mass is 16.5. The maximum absolute atomic E-state index is 5.55. The molecule has 2 atom stereocenters. The largest absolute Gasteiger partial charge is 0.381 e. The average molecular weight is 422 g/mol. The average Bonchev–Trinajstić information content (AvgIpc) is 3.23. The third-order valence-electron chi connectivity index (χ3n) is 6.27. The minimum atomic E-state index is 0.457. The summed E-state index contributed by atoms with van der Waals surface area (Å²) in [4.78, 5) is 19.6. The van der Waals surface area contributed by atoms with Gasteiger partial charge in [-0.2, -0.15) is 0 Å². The Bertz CT molecular complexity index is 1020. The topological polar surface area (TPSA) is 91.0 Å². The first-order valence-electron chi connectivity index (χ1n) is 11.3. The number of pyridine rings is 1. The van der Waals surface area contributed by atoms with Gasteiger partial charge in [0.15, 0.2) is 0 Å². The van der Waals surface area contributed by atoms with Gasteiger partial charge in [0, 0.05) is 44.6 Å². The molecule has 0 bridgehead atoms.